The van der Waals surface area contributed by atoms with Gasteiger partial charge in [0, 0.05) is 0 Å². The van der Waals surface area contributed by atoms with Gasteiger partial charge in [-0.1, -0.05) is 11.6 Å². The molecule has 2 nitrogen and oxygen atoms in total. The predicted molar refractivity (Wildman–Crippen MR) is 51.7 cm³/mol. The van der Waals surface area contributed by atoms with Crippen LogP contribution in [0, 0.1) is 5.41 Å². The molecule has 5 heteroatoms. The van der Waals surface area contributed by atoms with Crippen molar-refractivity contribution in [2.75, 3.05) is 0 Å². The lowest BCUT2D eigenvalue weighted by Crippen LogP contribution is -2.53. The summed E-state index contributed by atoms with van der Waals surface area (Å²) in [6.45, 7) is 0. The number of hydrogen-bond donors (Lipinski definition) is 2. The summed E-state index contributed by atoms with van der Waals surface area (Å²) in [5.41, 5.74) is -1.91. The van der Waals surface area contributed by atoms with Crippen molar-refractivity contribution < 1.29 is 23.4 Å². The zero-order chi connectivity index (χ0) is 12.0. The average molecular weight is 236 g/mol. The van der Waals surface area contributed by atoms with Gasteiger partial charge in [-0.05, 0) is 32.1 Å². The third-order valence-electron chi connectivity index (χ3n) is 3.80. The van der Waals surface area contributed by atoms with E-state index in [4.69, 9.17) is 0 Å². The summed E-state index contributed by atoms with van der Waals surface area (Å²) >= 11 is 0. The van der Waals surface area contributed by atoms with E-state index in [9.17, 15) is 23.4 Å². The second-order valence-corrected chi connectivity index (χ2v) is 4.68. The monoisotopic (exact) mass is 236 g/mol. The van der Waals surface area contributed by atoms with Crippen molar-refractivity contribution in [1.29, 1.82) is 0 Å². The molecule has 2 aliphatic rings. The van der Waals surface area contributed by atoms with Gasteiger partial charge in [-0.25, -0.2) is 0 Å². The van der Waals surface area contributed by atoms with Crippen molar-refractivity contribution >= 4 is 0 Å². The molecule has 0 aromatic heterocycles. The van der Waals surface area contributed by atoms with Gasteiger partial charge < -0.3 is 10.2 Å². The molecule has 0 aliphatic heterocycles. The molecule has 0 saturated heterocycles. The number of halogens is 3. The Morgan fingerprint density at radius 1 is 1.25 bits per heavy atom. The van der Waals surface area contributed by atoms with Crippen molar-refractivity contribution in [3.8, 4) is 0 Å². The summed E-state index contributed by atoms with van der Waals surface area (Å²) in [6, 6.07) is 0. The van der Waals surface area contributed by atoms with E-state index in [0.717, 1.165) is 0 Å². The average Bonchev–Trinajstić information content (AvgIpc) is 2.15. The first kappa shape index (κ1) is 11.9. The first-order chi connectivity index (χ1) is 7.38. The summed E-state index contributed by atoms with van der Waals surface area (Å²) in [7, 11) is 0. The van der Waals surface area contributed by atoms with Crippen molar-refractivity contribution in [2.24, 2.45) is 5.41 Å². The van der Waals surface area contributed by atoms with Crippen LogP contribution in [0.4, 0.5) is 13.2 Å². The van der Waals surface area contributed by atoms with E-state index in [2.05, 4.69) is 0 Å². The normalized spacial score (nSPS) is 40.2. The Kier molecular flexibility index (Phi) is 2.78. The van der Waals surface area contributed by atoms with Crippen molar-refractivity contribution in [1.82, 2.24) is 0 Å². The number of hydrogen-bond acceptors (Lipinski definition) is 2. The SMILES string of the molecule is O[C@@H]1C=C2CCC[C@H](O)[C@@]2(C(F)(F)F)CC1. The van der Waals surface area contributed by atoms with Crippen LogP contribution in [-0.2, 0) is 0 Å². The van der Waals surface area contributed by atoms with Crippen LogP contribution in [0.3, 0.4) is 0 Å². The van der Waals surface area contributed by atoms with Gasteiger partial charge in [0.1, 0.15) is 5.41 Å². The lowest BCUT2D eigenvalue weighted by atomic mass is 9.62. The number of rotatable bonds is 0. The van der Waals surface area contributed by atoms with Gasteiger partial charge in [0.15, 0.2) is 0 Å². The van der Waals surface area contributed by atoms with Crippen LogP contribution in [-0.4, -0.2) is 28.6 Å². The van der Waals surface area contributed by atoms with Crippen LogP contribution < -0.4 is 0 Å². The molecule has 0 aromatic rings. The third-order valence-corrected chi connectivity index (χ3v) is 3.80. The molecule has 92 valence electrons. The lowest BCUT2D eigenvalue weighted by Gasteiger charge is -2.47. The van der Waals surface area contributed by atoms with Gasteiger partial charge in [0.05, 0.1) is 12.2 Å². The third kappa shape index (κ3) is 1.57. The quantitative estimate of drug-likeness (QED) is 0.633. The molecule has 0 aromatic carbocycles. The van der Waals surface area contributed by atoms with Crippen molar-refractivity contribution in [3.05, 3.63) is 11.6 Å². The summed E-state index contributed by atoms with van der Waals surface area (Å²) in [5.74, 6) is 0. The molecule has 0 unspecified atom stereocenters. The highest BCUT2D eigenvalue weighted by Gasteiger charge is 2.62. The van der Waals surface area contributed by atoms with Crippen molar-refractivity contribution in [2.45, 2.75) is 50.5 Å². The molecule has 3 atom stereocenters. The smallest absolute Gasteiger partial charge is 0.392 e. The van der Waals surface area contributed by atoms with Crippen LogP contribution in [0.15, 0.2) is 11.6 Å². The van der Waals surface area contributed by atoms with Crippen LogP contribution in [0.25, 0.3) is 0 Å². The molecular formula is C11H15F3O2. The molecule has 0 spiro atoms. The molecule has 0 bridgehead atoms. The van der Waals surface area contributed by atoms with E-state index in [1.807, 2.05) is 0 Å². The molecule has 1 saturated carbocycles. The number of alkyl halides is 3. The van der Waals surface area contributed by atoms with Crippen LogP contribution in [0.5, 0.6) is 0 Å². The fourth-order valence-corrected chi connectivity index (χ4v) is 2.93. The van der Waals surface area contributed by atoms with Gasteiger partial charge in [-0.3, -0.25) is 0 Å². The number of aliphatic hydroxyl groups is 2. The van der Waals surface area contributed by atoms with Crippen LogP contribution in [0.2, 0.25) is 0 Å². The molecule has 0 radical (unpaired) electrons. The maximum atomic E-state index is 13.2. The summed E-state index contributed by atoms with van der Waals surface area (Å²) < 4.78 is 39.5. The molecule has 1 fully saturated rings. The summed E-state index contributed by atoms with van der Waals surface area (Å²) in [5, 5.41) is 19.1. The fraction of sp³-hybridized carbons (Fsp3) is 0.818. The van der Waals surface area contributed by atoms with E-state index >= 15 is 0 Å². The Labute approximate surface area is 91.8 Å². The molecule has 0 amide bonds. The van der Waals surface area contributed by atoms with E-state index in [1.165, 1.54) is 6.08 Å². The highest BCUT2D eigenvalue weighted by Crippen LogP contribution is 2.56. The van der Waals surface area contributed by atoms with Gasteiger partial charge in [0.2, 0.25) is 0 Å². The lowest BCUT2D eigenvalue weighted by molar-refractivity contribution is -0.251. The van der Waals surface area contributed by atoms with Gasteiger partial charge in [-0.2, -0.15) is 13.2 Å². The van der Waals surface area contributed by atoms with Gasteiger partial charge in [0.25, 0.3) is 0 Å². The standard InChI is InChI=1S/C11H15F3O2/c12-11(13,14)10-5-4-8(15)6-7(10)2-1-3-9(10)16/h6,8-9,15-16H,1-5H2/t8-,9-,10+/m0/s1. The number of fused-ring (bicyclic) bond motifs is 1. The highest BCUT2D eigenvalue weighted by molar-refractivity contribution is 5.26. The Hall–Kier alpha value is -0.550. The molecule has 2 rings (SSSR count). The number of aliphatic hydroxyl groups excluding tert-OH is 2. The van der Waals surface area contributed by atoms with E-state index < -0.39 is 23.8 Å². The summed E-state index contributed by atoms with van der Waals surface area (Å²) in [6.07, 6.45) is -4.36. The first-order valence-corrected chi connectivity index (χ1v) is 5.52. The fourth-order valence-electron chi connectivity index (χ4n) is 2.93. The molecule has 2 N–H and O–H groups in total. The van der Waals surface area contributed by atoms with E-state index in [1.54, 1.807) is 0 Å². The van der Waals surface area contributed by atoms with Crippen molar-refractivity contribution in [3.63, 3.8) is 0 Å². The predicted octanol–water partition coefficient (Wildman–Crippen LogP) is 2.16. The Morgan fingerprint density at radius 2 is 1.94 bits per heavy atom. The van der Waals surface area contributed by atoms with Crippen LogP contribution >= 0.6 is 0 Å². The second-order valence-electron chi connectivity index (χ2n) is 4.68. The molecular weight excluding hydrogens is 221 g/mol. The van der Waals surface area contributed by atoms with Gasteiger partial charge >= 0.3 is 6.18 Å². The Morgan fingerprint density at radius 3 is 2.56 bits per heavy atom. The molecule has 2 aliphatic carbocycles. The minimum Gasteiger partial charge on any atom is -0.392 e. The maximum absolute atomic E-state index is 13.2. The zero-order valence-electron chi connectivity index (χ0n) is 8.80. The minimum atomic E-state index is -4.43. The van der Waals surface area contributed by atoms with Crippen LogP contribution in [0.1, 0.15) is 32.1 Å². The van der Waals surface area contributed by atoms with E-state index in [0.29, 0.717) is 12.8 Å². The maximum Gasteiger partial charge on any atom is 0.400 e. The largest absolute Gasteiger partial charge is 0.400 e. The minimum absolute atomic E-state index is 0.0695. The topological polar surface area (TPSA) is 40.5 Å². The first-order valence-electron chi connectivity index (χ1n) is 5.52. The second kappa shape index (κ2) is 3.74. The Bertz CT molecular complexity index is 311. The van der Waals surface area contributed by atoms with E-state index in [-0.39, 0.29) is 24.8 Å². The summed E-state index contributed by atoms with van der Waals surface area (Å²) in [4.78, 5) is 0. The van der Waals surface area contributed by atoms with Gasteiger partial charge in [-0.15, -0.1) is 0 Å². The molecule has 0 heterocycles. The molecule has 16 heavy (non-hydrogen) atoms. The highest BCUT2D eigenvalue weighted by atomic mass is 19.4. The zero-order valence-corrected chi connectivity index (χ0v) is 8.80. The Balaban J connectivity index is 2.46.